The fraction of sp³-hybridized carbons (Fsp3) is 0.176. The Balaban J connectivity index is 1.87. The van der Waals surface area contributed by atoms with Gasteiger partial charge in [-0.05, 0) is 31.0 Å². The SMILES string of the molecule is NC(N)=NC(=O)c1c[n+](-c2cccc3ncccc23)[nH]c1C1CC1. The molecule has 7 nitrogen and oxygen atoms in total. The number of fused-ring (bicyclic) bond motifs is 1. The van der Waals surface area contributed by atoms with Gasteiger partial charge in [-0.2, -0.15) is 10.1 Å². The zero-order valence-corrected chi connectivity index (χ0v) is 12.9. The van der Waals surface area contributed by atoms with E-state index in [-0.39, 0.29) is 5.96 Å². The number of hydrogen-bond donors (Lipinski definition) is 3. The Morgan fingerprint density at radius 2 is 2.08 bits per heavy atom. The third-order valence-electron chi connectivity index (χ3n) is 4.12. The highest BCUT2D eigenvalue weighted by molar-refractivity contribution is 6.02. The van der Waals surface area contributed by atoms with Crippen molar-refractivity contribution >= 4 is 22.8 Å². The number of rotatable bonds is 3. The molecule has 120 valence electrons. The number of nitrogens with two attached hydrogens (primary N) is 2. The fourth-order valence-electron chi connectivity index (χ4n) is 2.88. The summed E-state index contributed by atoms with van der Waals surface area (Å²) in [5, 5.41) is 4.32. The molecule has 5 N–H and O–H groups in total. The van der Waals surface area contributed by atoms with Crippen LogP contribution >= 0.6 is 0 Å². The maximum absolute atomic E-state index is 12.3. The third kappa shape index (κ3) is 2.50. The molecule has 0 unspecified atom stereocenters. The van der Waals surface area contributed by atoms with Gasteiger partial charge in [0.25, 0.3) is 5.91 Å². The molecular formula is C17H17N6O+. The smallest absolute Gasteiger partial charge is 0.288 e. The minimum absolute atomic E-state index is 0.233. The van der Waals surface area contributed by atoms with E-state index in [0.29, 0.717) is 11.5 Å². The highest BCUT2D eigenvalue weighted by Crippen LogP contribution is 2.40. The minimum atomic E-state index is -0.426. The second-order valence-corrected chi connectivity index (χ2v) is 5.90. The van der Waals surface area contributed by atoms with Gasteiger partial charge >= 0.3 is 0 Å². The zero-order chi connectivity index (χ0) is 16.7. The maximum atomic E-state index is 12.3. The molecule has 1 aliphatic carbocycles. The summed E-state index contributed by atoms with van der Waals surface area (Å²) in [4.78, 5) is 20.4. The maximum Gasteiger partial charge on any atom is 0.288 e. The molecule has 1 saturated carbocycles. The van der Waals surface area contributed by atoms with E-state index in [4.69, 9.17) is 11.5 Å². The van der Waals surface area contributed by atoms with Crippen molar-refractivity contribution in [1.82, 2.24) is 10.1 Å². The lowest BCUT2D eigenvalue weighted by Crippen LogP contribution is -2.32. The molecule has 2 heterocycles. The molecule has 1 fully saturated rings. The number of guanidine groups is 1. The molecule has 1 aromatic carbocycles. The average molecular weight is 321 g/mol. The Morgan fingerprint density at radius 1 is 1.25 bits per heavy atom. The number of pyridine rings is 1. The van der Waals surface area contributed by atoms with Crippen LogP contribution in [-0.4, -0.2) is 21.9 Å². The lowest BCUT2D eigenvalue weighted by molar-refractivity contribution is -0.654. The van der Waals surface area contributed by atoms with Gasteiger partial charge in [0.15, 0.2) is 5.96 Å². The molecule has 0 aliphatic heterocycles. The standard InChI is InChI=1S/C17H16N6O/c18-17(19)21-16(24)12-9-23(22-15(12)10-6-7-10)14-5-1-4-13-11(14)3-2-8-20-13/h1-5,8-10H,6-7H2,(H4,18,19,21,24)/p+1. The molecule has 1 aliphatic rings. The van der Waals surface area contributed by atoms with Crippen LogP contribution in [-0.2, 0) is 0 Å². The lowest BCUT2D eigenvalue weighted by Gasteiger charge is -1.98. The van der Waals surface area contributed by atoms with E-state index in [1.54, 1.807) is 12.4 Å². The van der Waals surface area contributed by atoms with Crippen LogP contribution < -0.4 is 16.1 Å². The molecule has 0 spiro atoms. The second-order valence-electron chi connectivity index (χ2n) is 5.90. The predicted molar refractivity (Wildman–Crippen MR) is 89.7 cm³/mol. The first-order valence-corrected chi connectivity index (χ1v) is 7.76. The zero-order valence-electron chi connectivity index (χ0n) is 12.9. The van der Waals surface area contributed by atoms with Crippen LogP contribution in [0.1, 0.15) is 34.8 Å². The number of aromatic nitrogens is 3. The summed E-state index contributed by atoms with van der Waals surface area (Å²) in [6.45, 7) is 0. The normalized spacial score (nSPS) is 13.8. The molecule has 3 aromatic rings. The fourth-order valence-corrected chi connectivity index (χ4v) is 2.88. The second kappa shape index (κ2) is 5.45. The van der Waals surface area contributed by atoms with Crippen LogP contribution in [0.4, 0.5) is 0 Å². The van der Waals surface area contributed by atoms with Gasteiger partial charge in [-0.3, -0.25) is 9.78 Å². The highest BCUT2D eigenvalue weighted by Gasteiger charge is 2.34. The summed E-state index contributed by atoms with van der Waals surface area (Å²) in [5.74, 6) is -0.304. The minimum Gasteiger partial charge on any atom is -0.370 e. The molecule has 0 saturated heterocycles. The number of H-pyrrole nitrogens is 1. The molecule has 7 heteroatoms. The molecular weight excluding hydrogens is 304 g/mol. The number of amides is 1. The van der Waals surface area contributed by atoms with E-state index in [1.165, 1.54) is 0 Å². The first-order valence-electron chi connectivity index (χ1n) is 7.76. The van der Waals surface area contributed by atoms with E-state index in [2.05, 4.69) is 15.1 Å². The average Bonchev–Trinajstić information content (AvgIpc) is 3.32. The number of carbonyl (C=O) groups is 1. The number of carbonyl (C=O) groups excluding carboxylic acids is 1. The van der Waals surface area contributed by atoms with Crippen molar-refractivity contribution in [3.05, 3.63) is 54.0 Å². The summed E-state index contributed by atoms with van der Waals surface area (Å²) in [6.07, 6.45) is 5.62. The van der Waals surface area contributed by atoms with Crippen molar-refractivity contribution in [3.63, 3.8) is 0 Å². The molecule has 0 atom stereocenters. The molecule has 0 radical (unpaired) electrons. The molecule has 24 heavy (non-hydrogen) atoms. The Hall–Kier alpha value is -3.22. The van der Waals surface area contributed by atoms with Gasteiger partial charge in [0.05, 0.1) is 16.6 Å². The largest absolute Gasteiger partial charge is 0.370 e. The van der Waals surface area contributed by atoms with Crippen LogP contribution in [0.5, 0.6) is 0 Å². The summed E-state index contributed by atoms with van der Waals surface area (Å²) in [7, 11) is 0. The summed E-state index contributed by atoms with van der Waals surface area (Å²) in [5.41, 5.74) is 13.9. The van der Waals surface area contributed by atoms with Gasteiger partial charge in [0, 0.05) is 18.2 Å². The summed E-state index contributed by atoms with van der Waals surface area (Å²) in [6, 6.07) is 9.76. The van der Waals surface area contributed by atoms with Crippen LogP contribution in [0.3, 0.4) is 0 Å². The highest BCUT2D eigenvalue weighted by atomic mass is 16.1. The number of hydrogen-bond acceptors (Lipinski definition) is 2. The Bertz CT molecular complexity index is 961. The van der Waals surface area contributed by atoms with E-state index in [1.807, 2.05) is 35.0 Å². The van der Waals surface area contributed by atoms with E-state index in [0.717, 1.165) is 35.1 Å². The number of benzene rings is 1. The third-order valence-corrected chi connectivity index (χ3v) is 4.12. The van der Waals surface area contributed by atoms with Crippen molar-refractivity contribution in [1.29, 1.82) is 0 Å². The molecule has 0 bridgehead atoms. The van der Waals surface area contributed by atoms with Gasteiger partial charge < -0.3 is 11.5 Å². The quantitative estimate of drug-likeness (QED) is 0.381. The Morgan fingerprint density at radius 3 is 2.83 bits per heavy atom. The summed E-state index contributed by atoms with van der Waals surface area (Å²) < 4.78 is 1.84. The first-order chi connectivity index (χ1) is 11.6. The number of aliphatic imine (C=N–C) groups is 1. The first kappa shape index (κ1) is 14.4. The Kier molecular flexibility index (Phi) is 3.26. The Labute approximate surface area is 138 Å². The van der Waals surface area contributed by atoms with E-state index < -0.39 is 5.91 Å². The van der Waals surface area contributed by atoms with Crippen molar-refractivity contribution in [3.8, 4) is 5.69 Å². The molecule has 1 amide bonds. The number of nitrogens with one attached hydrogen (secondary N) is 1. The van der Waals surface area contributed by atoms with Crippen LogP contribution in [0, 0.1) is 0 Å². The van der Waals surface area contributed by atoms with Gasteiger partial charge in [-0.25, -0.2) is 0 Å². The van der Waals surface area contributed by atoms with Gasteiger partial charge in [-0.15, -0.1) is 0 Å². The van der Waals surface area contributed by atoms with Crippen molar-refractivity contribution in [2.75, 3.05) is 0 Å². The van der Waals surface area contributed by atoms with E-state index in [9.17, 15) is 4.79 Å². The van der Waals surface area contributed by atoms with Crippen molar-refractivity contribution in [2.45, 2.75) is 18.8 Å². The van der Waals surface area contributed by atoms with Crippen molar-refractivity contribution in [2.24, 2.45) is 16.5 Å². The van der Waals surface area contributed by atoms with Crippen molar-refractivity contribution < 1.29 is 9.48 Å². The molecule has 2 aromatic heterocycles. The van der Waals surface area contributed by atoms with E-state index >= 15 is 0 Å². The van der Waals surface area contributed by atoms with Crippen LogP contribution in [0.2, 0.25) is 0 Å². The predicted octanol–water partition coefficient (Wildman–Crippen LogP) is 1.13. The van der Waals surface area contributed by atoms with Gasteiger partial charge in [0.2, 0.25) is 11.9 Å². The number of nitrogens with zero attached hydrogens (tertiary/aromatic N) is 3. The topological polar surface area (TPSA) is 114 Å². The van der Waals surface area contributed by atoms with Crippen LogP contribution in [0.25, 0.3) is 16.6 Å². The van der Waals surface area contributed by atoms with Gasteiger partial charge in [0.1, 0.15) is 5.56 Å². The van der Waals surface area contributed by atoms with Gasteiger partial charge in [-0.1, -0.05) is 10.7 Å². The molecule has 4 rings (SSSR count). The lowest BCUT2D eigenvalue weighted by atomic mass is 10.1. The summed E-state index contributed by atoms with van der Waals surface area (Å²) >= 11 is 0. The monoisotopic (exact) mass is 321 g/mol. The van der Waals surface area contributed by atoms with Crippen LogP contribution in [0.15, 0.2) is 47.7 Å². The number of aromatic amines is 1.